The third-order valence-corrected chi connectivity index (χ3v) is 6.72. The summed E-state index contributed by atoms with van der Waals surface area (Å²) in [5, 5.41) is 15.4. The molecule has 0 spiro atoms. The average molecular weight is 521 g/mol. The number of aromatic nitrogens is 2. The summed E-state index contributed by atoms with van der Waals surface area (Å²) in [6.45, 7) is 4.04. The number of likely N-dealkylation sites (N-methyl/N-ethyl adjacent to an activating group) is 1. The van der Waals surface area contributed by atoms with Crippen molar-refractivity contribution in [1.82, 2.24) is 19.8 Å². The number of pyridine rings is 2. The van der Waals surface area contributed by atoms with Crippen LogP contribution in [0.5, 0.6) is 0 Å². The van der Waals surface area contributed by atoms with Crippen LogP contribution in [0.4, 0.5) is 22.1 Å². The van der Waals surface area contributed by atoms with Gasteiger partial charge in [0.1, 0.15) is 23.4 Å². The lowest BCUT2D eigenvalue weighted by Gasteiger charge is -2.32. The molecule has 1 atom stereocenters. The number of urea groups is 1. The fourth-order valence-electron chi connectivity index (χ4n) is 4.39. The van der Waals surface area contributed by atoms with Crippen LogP contribution in [0, 0.1) is 17.2 Å². The molecule has 12 heteroatoms. The zero-order valence-electron chi connectivity index (χ0n) is 21.6. The number of nitriles is 1. The van der Waals surface area contributed by atoms with Crippen molar-refractivity contribution in [3.05, 3.63) is 41.2 Å². The molecule has 2 aromatic heterocycles. The van der Waals surface area contributed by atoms with Gasteiger partial charge in [-0.05, 0) is 31.9 Å². The Morgan fingerprint density at radius 3 is 2.92 bits per heavy atom. The van der Waals surface area contributed by atoms with Gasteiger partial charge in [-0.3, -0.25) is 24.7 Å². The summed E-state index contributed by atoms with van der Waals surface area (Å²) in [5.41, 5.74) is 1.74. The monoisotopic (exact) mass is 520 g/mol. The maximum Gasteiger partial charge on any atom is 0.328 e. The van der Waals surface area contributed by atoms with E-state index in [0.29, 0.717) is 55.3 Å². The van der Waals surface area contributed by atoms with E-state index in [-0.39, 0.29) is 29.8 Å². The highest BCUT2D eigenvalue weighted by Crippen LogP contribution is 2.22. The first-order valence-electron chi connectivity index (χ1n) is 12.6. The number of rotatable bonds is 8. The largest absolute Gasteiger partial charge is 0.383 e. The number of nitrogens with zero attached hydrogens (tertiary/aromatic N) is 6. The summed E-state index contributed by atoms with van der Waals surface area (Å²) in [7, 11) is 3.42. The molecule has 38 heavy (non-hydrogen) atoms. The van der Waals surface area contributed by atoms with E-state index in [1.54, 1.807) is 23.1 Å². The molecule has 3 amide bonds. The molecule has 0 aliphatic carbocycles. The maximum absolute atomic E-state index is 12.9. The highest BCUT2D eigenvalue weighted by molar-refractivity contribution is 6.00. The van der Waals surface area contributed by atoms with Crippen molar-refractivity contribution in [2.24, 2.45) is 5.92 Å². The molecule has 2 fully saturated rings. The van der Waals surface area contributed by atoms with E-state index in [1.807, 2.05) is 11.9 Å². The van der Waals surface area contributed by atoms with Crippen LogP contribution in [0.3, 0.4) is 0 Å². The van der Waals surface area contributed by atoms with E-state index in [9.17, 15) is 19.6 Å². The molecule has 1 unspecified atom stereocenters. The second-order valence-corrected chi connectivity index (χ2v) is 9.56. The number of ether oxygens (including phenoxy) is 1. The standard InChI is InChI=1S/C26H32N8O4/c1-32-7-8-34(25(36)15-32)14-19-5-6-24(30-22(19)16-35)33(2)26(37)31-23-10-21(20(11-27)13-29-23)28-12-18-4-3-9-38-17-18/h5-6,10,13,16,18H,3-4,7-9,12,14-15,17H2,1-2H3,(H2,28,29,31,37). The van der Waals surface area contributed by atoms with Crippen molar-refractivity contribution >= 4 is 35.5 Å². The van der Waals surface area contributed by atoms with Crippen molar-refractivity contribution in [2.45, 2.75) is 19.4 Å². The molecule has 200 valence electrons. The molecule has 0 bridgehead atoms. The number of hydrogen-bond acceptors (Lipinski definition) is 9. The number of aldehydes is 1. The lowest BCUT2D eigenvalue weighted by Crippen LogP contribution is -2.48. The Kier molecular flexibility index (Phi) is 8.83. The Morgan fingerprint density at radius 2 is 2.21 bits per heavy atom. The van der Waals surface area contributed by atoms with Crippen LogP contribution >= 0.6 is 0 Å². The molecule has 12 nitrogen and oxygen atoms in total. The van der Waals surface area contributed by atoms with E-state index in [4.69, 9.17) is 4.74 Å². The van der Waals surface area contributed by atoms with Gasteiger partial charge in [-0.25, -0.2) is 14.8 Å². The highest BCUT2D eigenvalue weighted by atomic mass is 16.5. The van der Waals surface area contributed by atoms with Gasteiger partial charge in [-0.1, -0.05) is 6.07 Å². The Labute approximate surface area is 221 Å². The number of carbonyl (C=O) groups excluding carboxylic acids is 3. The van der Waals surface area contributed by atoms with E-state index < -0.39 is 6.03 Å². The number of piperazine rings is 1. The van der Waals surface area contributed by atoms with Crippen LogP contribution in [0.25, 0.3) is 0 Å². The van der Waals surface area contributed by atoms with Gasteiger partial charge < -0.3 is 15.0 Å². The van der Waals surface area contributed by atoms with Crippen molar-refractivity contribution in [2.75, 3.05) is 69.0 Å². The first kappa shape index (κ1) is 27.0. The van der Waals surface area contributed by atoms with Gasteiger partial charge in [0.05, 0.1) is 24.4 Å². The van der Waals surface area contributed by atoms with Gasteiger partial charge in [0, 0.05) is 57.7 Å². The Hall–Kier alpha value is -4.08. The van der Waals surface area contributed by atoms with Gasteiger partial charge in [-0.15, -0.1) is 0 Å². The lowest BCUT2D eigenvalue weighted by molar-refractivity contribution is -0.136. The topological polar surface area (TPSA) is 144 Å². The summed E-state index contributed by atoms with van der Waals surface area (Å²) in [6.07, 6.45) is 4.10. The van der Waals surface area contributed by atoms with Gasteiger partial charge in [-0.2, -0.15) is 5.26 Å². The van der Waals surface area contributed by atoms with E-state index in [2.05, 4.69) is 26.7 Å². The molecule has 0 aromatic carbocycles. The van der Waals surface area contributed by atoms with Crippen LogP contribution in [0.15, 0.2) is 24.4 Å². The Morgan fingerprint density at radius 1 is 1.37 bits per heavy atom. The number of carbonyl (C=O) groups is 3. The molecule has 2 aromatic rings. The molecular weight excluding hydrogens is 488 g/mol. The summed E-state index contributed by atoms with van der Waals surface area (Å²) >= 11 is 0. The highest BCUT2D eigenvalue weighted by Gasteiger charge is 2.23. The molecule has 0 radical (unpaired) electrons. The fraction of sp³-hybridized carbons (Fsp3) is 0.462. The zero-order valence-corrected chi connectivity index (χ0v) is 21.6. The molecule has 0 saturated carbocycles. The average Bonchev–Trinajstić information content (AvgIpc) is 2.93. The molecule has 2 saturated heterocycles. The Bertz CT molecular complexity index is 1220. The minimum atomic E-state index is -0.514. The van der Waals surface area contributed by atoms with E-state index in [0.717, 1.165) is 26.0 Å². The van der Waals surface area contributed by atoms with Crippen LogP contribution in [-0.2, 0) is 16.1 Å². The van der Waals surface area contributed by atoms with Crippen LogP contribution < -0.4 is 15.5 Å². The second-order valence-electron chi connectivity index (χ2n) is 9.56. The third-order valence-electron chi connectivity index (χ3n) is 6.72. The summed E-state index contributed by atoms with van der Waals surface area (Å²) in [4.78, 5) is 50.5. The van der Waals surface area contributed by atoms with Crippen LogP contribution in [0.2, 0.25) is 0 Å². The van der Waals surface area contributed by atoms with Crippen molar-refractivity contribution in [3.8, 4) is 6.07 Å². The number of nitrogens with one attached hydrogen (secondary N) is 2. The molecule has 2 aliphatic rings. The summed E-state index contributed by atoms with van der Waals surface area (Å²) < 4.78 is 5.52. The first-order valence-corrected chi connectivity index (χ1v) is 12.6. The minimum absolute atomic E-state index is 0.00739. The van der Waals surface area contributed by atoms with Gasteiger partial charge in [0.25, 0.3) is 0 Å². The van der Waals surface area contributed by atoms with Crippen molar-refractivity contribution in [1.29, 1.82) is 5.26 Å². The normalized spacial score (nSPS) is 18.0. The van der Waals surface area contributed by atoms with Crippen LogP contribution in [0.1, 0.15) is 34.5 Å². The molecule has 2 N–H and O–H groups in total. The van der Waals surface area contributed by atoms with Gasteiger partial charge in [0.15, 0.2) is 6.29 Å². The number of anilines is 3. The van der Waals surface area contributed by atoms with Crippen molar-refractivity contribution < 1.29 is 19.1 Å². The van der Waals surface area contributed by atoms with Crippen LogP contribution in [-0.4, -0.2) is 91.5 Å². The van der Waals surface area contributed by atoms with Gasteiger partial charge in [0.2, 0.25) is 5.91 Å². The SMILES string of the molecule is CN1CCN(Cc2ccc(N(C)C(=O)Nc3cc(NCC4CCCOC4)c(C#N)cn3)nc2C=O)C(=O)C1. The number of hydrogen-bond donors (Lipinski definition) is 2. The van der Waals surface area contributed by atoms with Gasteiger partial charge >= 0.3 is 6.03 Å². The zero-order chi connectivity index (χ0) is 27.1. The molecule has 4 rings (SSSR count). The predicted octanol–water partition coefficient (Wildman–Crippen LogP) is 1.94. The lowest BCUT2D eigenvalue weighted by atomic mass is 10.0. The smallest absolute Gasteiger partial charge is 0.328 e. The number of amides is 3. The predicted molar refractivity (Wildman–Crippen MR) is 141 cm³/mol. The van der Waals surface area contributed by atoms with E-state index in [1.165, 1.54) is 18.1 Å². The van der Waals surface area contributed by atoms with Crippen molar-refractivity contribution in [3.63, 3.8) is 0 Å². The quantitative estimate of drug-likeness (QED) is 0.499. The first-order chi connectivity index (χ1) is 18.4. The molecule has 2 aliphatic heterocycles. The maximum atomic E-state index is 12.9. The van der Waals surface area contributed by atoms with E-state index >= 15 is 0 Å². The third kappa shape index (κ3) is 6.62. The molecule has 4 heterocycles. The molecular formula is C26H32N8O4. The summed E-state index contributed by atoms with van der Waals surface area (Å²) in [6, 6.07) is 6.56. The Balaban J connectivity index is 1.41. The minimum Gasteiger partial charge on any atom is -0.383 e. The second kappa shape index (κ2) is 12.4. The summed E-state index contributed by atoms with van der Waals surface area (Å²) in [5.74, 6) is 0.876. The fourth-order valence-corrected chi connectivity index (χ4v) is 4.39.